The average Bonchev–Trinajstić information content (AvgIpc) is 2.57. The summed E-state index contributed by atoms with van der Waals surface area (Å²) in [6.45, 7) is 3.04. The van der Waals surface area contributed by atoms with Crippen molar-refractivity contribution in [1.82, 2.24) is 0 Å². The van der Waals surface area contributed by atoms with Crippen molar-refractivity contribution >= 4 is 11.9 Å². The molecule has 118 valence electrons. The van der Waals surface area contributed by atoms with E-state index in [0.717, 1.165) is 5.56 Å². The number of methoxy groups -OCH3 is 1. The molecule has 0 aliphatic heterocycles. The highest BCUT2D eigenvalue weighted by molar-refractivity contribution is 5.75. The highest BCUT2D eigenvalue weighted by Gasteiger charge is 2.11. The molecule has 4 nitrogen and oxygen atoms in total. The quantitative estimate of drug-likeness (QED) is 0.858. The minimum atomic E-state index is -0.781. The van der Waals surface area contributed by atoms with Crippen LogP contribution in [0, 0.1) is 0 Å². The Morgan fingerprint density at radius 1 is 0.909 bits per heavy atom. The van der Waals surface area contributed by atoms with E-state index in [-0.39, 0.29) is 5.97 Å². The number of carboxylic acid groups (broad SMARTS) is 1. The Balaban J connectivity index is 0.000000338. The molecule has 4 heteroatoms. The maximum atomic E-state index is 10.5. The number of benzene rings is 2. The molecule has 0 saturated heterocycles. The molecular formula is C18H22O4. The van der Waals surface area contributed by atoms with Crippen molar-refractivity contribution in [3.8, 4) is 0 Å². The summed E-state index contributed by atoms with van der Waals surface area (Å²) in [5.41, 5.74) is 0.847. The minimum Gasteiger partial charge on any atom is -0.481 e. The van der Waals surface area contributed by atoms with Crippen molar-refractivity contribution < 1.29 is 19.4 Å². The highest BCUT2D eigenvalue weighted by atomic mass is 16.5. The number of carbonyl (C=O) groups is 2. The van der Waals surface area contributed by atoms with Crippen molar-refractivity contribution in [3.63, 3.8) is 0 Å². The van der Waals surface area contributed by atoms with Gasteiger partial charge < -0.3 is 9.84 Å². The zero-order valence-electron chi connectivity index (χ0n) is 13.1. The van der Waals surface area contributed by atoms with E-state index in [4.69, 9.17) is 5.11 Å². The third kappa shape index (κ3) is 10.2. The van der Waals surface area contributed by atoms with Gasteiger partial charge in [0, 0.05) is 6.92 Å². The maximum Gasteiger partial charge on any atom is 0.310 e. The van der Waals surface area contributed by atoms with E-state index in [9.17, 15) is 9.59 Å². The molecule has 0 radical (unpaired) electrons. The summed E-state index contributed by atoms with van der Waals surface area (Å²) in [7, 11) is 1.35. The Bertz CT molecular complexity index is 497. The Hall–Kier alpha value is -2.62. The molecule has 0 fully saturated rings. The molecule has 0 aromatic heterocycles. The van der Waals surface area contributed by atoms with Crippen molar-refractivity contribution in [3.05, 3.63) is 72.3 Å². The first-order valence-electron chi connectivity index (χ1n) is 6.81. The first-order chi connectivity index (χ1) is 10.5. The molecule has 1 atom stereocenters. The molecule has 0 amide bonds. The van der Waals surface area contributed by atoms with Crippen molar-refractivity contribution in [2.45, 2.75) is 19.8 Å². The van der Waals surface area contributed by atoms with E-state index in [1.165, 1.54) is 14.0 Å². The van der Waals surface area contributed by atoms with Crippen molar-refractivity contribution in [2.75, 3.05) is 7.11 Å². The summed E-state index contributed by atoms with van der Waals surface area (Å²) >= 11 is 0. The van der Waals surface area contributed by atoms with Crippen LogP contribution in [-0.4, -0.2) is 24.2 Å². The van der Waals surface area contributed by atoms with E-state index in [0.29, 0.717) is 0 Å². The number of ether oxygens (including phenoxy) is 1. The van der Waals surface area contributed by atoms with Gasteiger partial charge in [-0.3, -0.25) is 9.59 Å². The summed E-state index contributed by atoms with van der Waals surface area (Å²) in [4.78, 5) is 20.1. The maximum absolute atomic E-state index is 10.5. The van der Waals surface area contributed by atoms with Crippen LogP contribution in [0.15, 0.2) is 66.7 Å². The predicted octanol–water partition coefficient (Wildman–Crippen LogP) is 3.74. The van der Waals surface area contributed by atoms with Crippen LogP contribution in [0.25, 0.3) is 0 Å². The van der Waals surface area contributed by atoms with Gasteiger partial charge in [0.05, 0.1) is 13.0 Å². The molecule has 1 N–H and O–H groups in total. The molecule has 0 aliphatic rings. The molecule has 2 aromatic rings. The smallest absolute Gasteiger partial charge is 0.310 e. The lowest BCUT2D eigenvalue weighted by Crippen LogP contribution is -2.06. The molecular weight excluding hydrogens is 280 g/mol. The van der Waals surface area contributed by atoms with Crippen LogP contribution in [0.1, 0.15) is 25.3 Å². The molecule has 0 bridgehead atoms. The fraction of sp³-hybridized carbons (Fsp3) is 0.222. The van der Waals surface area contributed by atoms with Gasteiger partial charge in [-0.2, -0.15) is 0 Å². The zero-order chi connectivity index (χ0) is 16.8. The average molecular weight is 302 g/mol. The number of rotatable bonds is 2. The number of hydrogen-bond donors (Lipinski definition) is 1. The van der Waals surface area contributed by atoms with E-state index < -0.39 is 11.9 Å². The second kappa shape index (κ2) is 12.1. The van der Waals surface area contributed by atoms with E-state index >= 15 is 0 Å². The number of hydrogen-bond acceptors (Lipinski definition) is 3. The summed E-state index contributed by atoms with van der Waals surface area (Å²) in [5.74, 6) is -1.43. The molecule has 0 spiro atoms. The molecule has 22 heavy (non-hydrogen) atoms. The van der Waals surface area contributed by atoms with Crippen LogP contribution in [0.2, 0.25) is 0 Å². The lowest BCUT2D eigenvalue weighted by molar-refractivity contribution is -0.139. The summed E-state index contributed by atoms with van der Waals surface area (Å²) in [6, 6.07) is 21.2. The second-order valence-corrected chi connectivity index (χ2v) is 4.32. The van der Waals surface area contributed by atoms with E-state index in [2.05, 4.69) is 4.74 Å². The molecule has 1 unspecified atom stereocenters. The van der Waals surface area contributed by atoms with Crippen molar-refractivity contribution in [1.29, 1.82) is 0 Å². The Kier molecular flexibility index (Phi) is 10.7. The van der Waals surface area contributed by atoms with Gasteiger partial charge in [0.25, 0.3) is 0 Å². The minimum absolute atomic E-state index is 0.245. The molecule has 2 rings (SSSR count). The van der Waals surface area contributed by atoms with Gasteiger partial charge in [-0.1, -0.05) is 66.7 Å². The first kappa shape index (κ1) is 19.4. The van der Waals surface area contributed by atoms with Crippen LogP contribution >= 0.6 is 0 Å². The predicted molar refractivity (Wildman–Crippen MR) is 86.6 cm³/mol. The Morgan fingerprint density at radius 3 is 1.50 bits per heavy atom. The van der Waals surface area contributed by atoms with Crippen LogP contribution in [-0.2, 0) is 14.3 Å². The zero-order valence-corrected chi connectivity index (χ0v) is 13.1. The third-order valence-corrected chi connectivity index (χ3v) is 2.62. The fourth-order valence-electron chi connectivity index (χ4n) is 1.27. The number of carboxylic acids is 1. The second-order valence-electron chi connectivity index (χ2n) is 4.32. The van der Waals surface area contributed by atoms with Gasteiger partial charge in [0.15, 0.2) is 0 Å². The number of esters is 1. The van der Waals surface area contributed by atoms with Gasteiger partial charge in [-0.15, -0.1) is 0 Å². The summed E-state index contributed by atoms with van der Waals surface area (Å²) in [6.07, 6.45) is 0. The number of carbonyl (C=O) groups excluding carboxylic acids is 1. The SMILES string of the molecule is CC(C(=O)O)c1ccccc1.COC(C)=O.c1ccccc1. The monoisotopic (exact) mass is 302 g/mol. The van der Waals surface area contributed by atoms with Crippen LogP contribution in [0.3, 0.4) is 0 Å². The fourth-order valence-corrected chi connectivity index (χ4v) is 1.27. The van der Waals surface area contributed by atoms with E-state index in [1.54, 1.807) is 6.92 Å². The normalized spacial score (nSPS) is 9.95. The standard InChI is InChI=1S/C9H10O2.C6H6.C3H6O2/c1-7(9(10)11)8-5-3-2-4-6-8;1-2-4-6-5-3-1;1-3(4)5-2/h2-7H,1H3,(H,10,11);1-6H;1-2H3. The van der Waals surface area contributed by atoms with Crippen LogP contribution in [0.5, 0.6) is 0 Å². The highest BCUT2D eigenvalue weighted by Crippen LogP contribution is 2.13. The van der Waals surface area contributed by atoms with Crippen molar-refractivity contribution in [2.24, 2.45) is 0 Å². The Morgan fingerprint density at radius 2 is 1.23 bits per heavy atom. The van der Waals surface area contributed by atoms with Gasteiger partial charge in [0.2, 0.25) is 0 Å². The van der Waals surface area contributed by atoms with Gasteiger partial charge in [-0.05, 0) is 12.5 Å². The van der Waals surface area contributed by atoms with E-state index in [1.807, 2.05) is 66.7 Å². The molecule has 2 aromatic carbocycles. The Labute approximate surface area is 131 Å². The lowest BCUT2D eigenvalue weighted by atomic mass is 10.0. The topological polar surface area (TPSA) is 63.6 Å². The molecule has 0 saturated carbocycles. The number of aliphatic carboxylic acids is 1. The van der Waals surface area contributed by atoms with Gasteiger partial charge in [0.1, 0.15) is 0 Å². The lowest BCUT2D eigenvalue weighted by Gasteiger charge is -2.04. The summed E-state index contributed by atoms with van der Waals surface area (Å²) in [5, 5.41) is 8.64. The van der Waals surface area contributed by atoms with Gasteiger partial charge >= 0.3 is 11.9 Å². The largest absolute Gasteiger partial charge is 0.481 e. The molecule has 0 aliphatic carbocycles. The van der Waals surface area contributed by atoms with Gasteiger partial charge in [-0.25, -0.2) is 0 Å². The summed E-state index contributed by atoms with van der Waals surface area (Å²) < 4.78 is 4.11. The third-order valence-electron chi connectivity index (χ3n) is 2.62. The van der Waals surface area contributed by atoms with Crippen LogP contribution in [0.4, 0.5) is 0 Å². The first-order valence-corrected chi connectivity index (χ1v) is 6.81. The molecule has 0 heterocycles. The van der Waals surface area contributed by atoms with Crippen LogP contribution < -0.4 is 0 Å².